The molecular weight excluding hydrogens is 563 g/mol. The third-order valence-electron chi connectivity index (χ3n) is 8.27. The van der Waals surface area contributed by atoms with Crippen LogP contribution >= 0.6 is 0 Å². The Morgan fingerprint density at radius 3 is 2.44 bits per heavy atom. The van der Waals surface area contributed by atoms with Crippen LogP contribution in [0.15, 0.2) is 30.6 Å². The van der Waals surface area contributed by atoms with E-state index in [1.807, 2.05) is 13.8 Å². The van der Waals surface area contributed by atoms with E-state index in [0.717, 1.165) is 0 Å². The van der Waals surface area contributed by atoms with Crippen LogP contribution in [0.4, 0.5) is 13.2 Å². The molecule has 1 unspecified atom stereocenters. The molecule has 0 radical (unpaired) electrons. The summed E-state index contributed by atoms with van der Waals surface area (Å²) in [6.07, 6.45) is 2.31. The van der Waals surface area contributed by atoms with E-state index < -0.39 is 53.7 Å². The average Bonchev–Trinajstić information content (AvgIpc) is 3.23. The fourth-order valence-electron chi connectivity index (χ4n) is 6.23. The standard InChI is InChI=1S/C31H34F3N5O4/c1-8-17-10-9-11-18-13-36-14-19(22(17)18)21(12-35)37-26(40)25-23-20(30(23,6)7)15-39(25)27(41)24(16(2)43-29(3,4)5)38-28(42)31(32,33)34/h1,9-11,13-14,16,20-21,23-25H,15H2,2-7H3,(H,37,40)(H,38,42)/t16-,20+,21?,23+,24+,25+/m1/s1. The number of nitriles is 1. The molecule has 12 heteroatoms. The molecule has 0 bridgehead atoms. The van der Waals surface area contributed by atoms with Crippen molar-refractivity contribution in [2.45, 2.75) is 77.5 Å². The number of likely N-dealkylation sites (tertiary alicyclic amines) is 1. The molecular formula is C31H34F3N5O4. The number of terminal acetylenes is 1. The predicted molar refractivity (Wildman–Crippen MR) is 151 cm³/mol. The van der Waals surface area contributed by atoms with Crippen LogP contribution in [0, 0.1) is 40.9 Å². The Bertz CT molecular complexity index is 1530. The number of carbonyl (C=O) groups is 3. The molecule has 1 aliphatic heterocycles. The van der Waals surface area contributed by atoms with Gasteiger partial charge < -0.3 is 20.3 Å². The lowest BCUT2D eigenvalue weighted by molar-refractivity contribution is -0.177. The SMILES string of the molecule is C#Cc1cccc2cncc(C(C#N)NC(=O)[C@@H]3[C@@H]4[C@H](CN3C(=O)[C@@H](NC(=O)C(F)(F)F)[C@@H](C)OC(C)(C)C)C4(C)C)c12. The van der Waals surface area contributed by atoms with Crippen LogP contribution in [0.3, 0.4) is 0 Å². The van der Waals surface area contributed by atoms with Crippen molar-refractivity contribution < 1.29 is 32.3 Å². The molecule has 2 heterocycles. The average molecular weight is 598 g/mol. The first-order valence-electron chi connectivity index (χ1n) is 13.8. The van der Waals surface area contributed by atoms with E-state index in [1.165, 1.54) is 18.0 Å². The van der Waals surface area contributed by atoms with E-state index >= 15 is 0 Å². The predicted octanol–water partition coefficient (Wildman–Crippen LogP) is 3.63. The first-order chi connectivity index (χ1) is 19.9. The minimum atomic E-state index is -5.24. The summed E-state index contributed by atoms with van der Waals surface area (Å²) in [5.74, 6) is -1.68. The number of amides is 3. The summed E-state index contributed by atoms with van der Waals surface area (Å²) in [5, 5.41) is 15.8. The van der Waals surface area contributed by atoms with Crippen LogP contribution < -0.4 is 10.6 Å². The first-order valence-corrected chi connectivity index (χ1v) is 13.8. The number of ether oxygens (including phenoxy) is 1. The Kier molecular flexibility index (Phi) is 8.24. The van der Waals surface area contributed by atoms with Crippen LogP contribution in [-0.2, 0) is 19.1 Å². The second-order valence-corrected chi connectivity index (χ2v) is 12.6. The van der Waals surface area contributed by atoms with E-state index in [2.05, 4.69) is 22.3 Å². The molecule has 1 saturated heterocycles. The van der Waals surface area contributed by atoms with Gasteiger partial charge in [-0.05, 0) is 51.0 Å². The van der Waals surface area contributed by atoms with Gasteiger partial charge in [-0.2, -0.15) is 18.4 Å². The number of aromatic nitrogens is 1. The Hall–Kier alpha value is -4.16. The largest absolute Gasteiger partial charge is 0.471 e. The number of hydrogen-bond donors (Lipinski definition) is 2. The third-order valence-corrected chi connectivity index (χ3v) is 8.27. The quantitative estimate of drug-likeness (QED) is 0.470. The summed E-state index contributed by atoms with van der Waals surface area (Å²) in [7, 11) is 0. The highest BCUT2D eigenvalue weighted by Crippen LogP contribution is 2.65. The number of rotatable bonds is 7. The topological polar surface area (TPSA) is 124 Å². The van der Waals surface area contributed by atoms with Gasteiger partial charge in [0.05, 0.1) is 17.8 Å². The highest BCUT2D eigenvalue weighted by Gasteiger charge is 2.69. The molecule has 9 nitrogen and oxygen atoms in total. The molecule has 1 aromatic carbocycles. The number of hydrogen-bond acceptors (Lipinski definition) is 6. The smallest absolute Gasteiger partial charge is 0.370 e. The molecule has 2 N–H and O–H groups in total. The van der Waals surface area contributed by atoms with Crippen molar-refractivity contribution in [2.75, 3.05) is 6.54 Å². The molecule has 228 valence electrons. The minimum absolute atomic E-state index is 0.0868. The zero-order chi connectivity index (χ0) is 32.1. The van der Waals surface area contributed by atoms with Crippen LogP contribution in [0.2, 0.25) is 0 Å². The van der Waals surface area contributed by atoms with Gasteiger partial charge in [0.1, 0.15) is 18.1 Å². The monoisotopic (exact) mass is 597 g/mol. The number of fused-ring (bicyclic) bond motifs is 2. The van der Waals surface area contributed by atoms with Gasteiger partial charge in [0, 0.05) is 40.8 Å². The summed E-state index contributed by atoms with van der Waals surface area (Å²) >= 11 is 0. The van der Waals surface area contributed by atoms with Crippen LogP contribution in [0.5, 0.6) is 0 Å². The molecule has 2 aromatic rings. The van der Waals surface area contributed by atoms with Gasteiger partial charge in [-0.25, -0.2) is 0 Å². The van der Waals surface area contributed by atoms with Gasteiger partial charge in [0.25, 0.3) is 0 Å². The van der Waals surface area contributed by atoms with Crippen molar-refractivity contribution in [3.05, 3.63) is 41.7 Å². The number of piperidine rings is 1. The summed E-state index contributed by atoms with van der Waals surface area (Å²) in [6.45, 7) is 10.3. The molecule has 2 fully saturated rings. The van der Waals surface area contributed by atoms with Gasteiger partial charge in [-0.1, -0.05) is 31.9 Å². The Balaban J connectivity index is 1.67. The van der Waals surface area contributed by atoms with Crippen molar-refractivity contribution in [3.63, 3.8) is 0 Å². The molecule has 6 atom stereocenters. The van der Waals surface area contributed by atoms with Gasteiger partial charge in [-0.15, -0.1) is 6.42 Å². The van der Waals surface area contributed by atoms with Crippen LogP contribution in [0.1, 0.15) is 58.7 Å². The lowest BCUT2D eigenvalue weighted by Crippen LogP contribution is -2.61. The van der Waals surface area contributed by atoms with E-state index in [0.29, 0.717) is 21.9 Å². The number of nitrogens with one attached hydrogen (secondary N) is 2. The number of pyridine rings is 1. The second kappa shape index (κ2) is 11.2. The van der Waals surface area contributed by atoms with Crippen LogP contribution in [0.25, 0.3) is 10.8 Å². The van der Waals surface area contributed by atoms with Crippen molar-refractivity contribution >= 4 is 28.5 Å². The van der Waals surface area contributed by atoms with Crippen LogP contribution in [-0.4, -0.2) is 64.1 Å². The molecule has 2 aliphatic rings. The van der Waals surface area contributed by atoms with Crippen molar-refractivity contribution in [1.82, 2.24) is 20.5 Å². The van der Waals surface area contributed by atoms with Crippen molar-refractivity contribution in [3.8, 4) is 18.4 Å². The Morgan fingerprint density at radius 2 is 1.86 bits per heavy atom. The number of nitrogens with zero attached hydrogens (tertiary/aromatic N) is 3. The molecule has 3 amide bonds. The lowest BCUT2D eigenvalue weighted by atomic mass is 9.96. The summed E-state index contributed by atoms with van der Waals surface area (Å²) < 4.78 is 45.5. The van der Waals surface area contributed by atoms with Crippen molar-refractivity contribution in [1.29, 1.82) is 5.26 Å². The van der Waals surface area contributed by atoms with E-state index in [9.17, 15) is 32.8 Å². The fraction of sp³-hybridized carbons (Fsp3) is 0.516. The molecule has 0 spiro atoms. The highest BCUT2D eigenvalue weighted by molar-refractivity contribution is 5.96. The highest BCUT2D eigenvalue weighted by atomic mass is 19.4. The van der Waals surface area contributed by atoms with Gasteiger partial charge in [0.15, 0.2) is 0 Å². The fourth-order valence-corrected chi connectivity index (χ4v) is 6.23. The molecule has 4 rings (SSSR count). The maximum Gasteiger partial charge on any atom is 0.471 e. The molecule has 1 aromatic heterocycles. The van der Waals surface area contributed by atoms with Gasteiger partial charge in [0.2, 0.25) is 11.8 Å². The number of halogens is 3. The van der Waals surface area contributed by atoms with Gasteiger partial charge >= 0.3 is 12.1 Å². The zero-order valence-corrected chi connectivity index (χ0v) is 24.7. The summed E-state index contributed by atoms with van der Waals surface area (Å²) in [4.78, 5) is 45.1. The third kappa shape index (κ3) is 6.16. The lowest BCUT2D eigenvalue weighted by Gasteiger charge is -2.36. The summed E-state index contributed by atoms with van der Waals surface area (Å²) in [6, 6.07) is 3.27. The van der Waals surface area contributed by atoms with Crippen molar-refractivity contribution in [2.24, 2.45) is 17.3 Å². The minimum Gasteiger partial charge on any atom is -0.370 e. The second-order valence-electron chi connectivity index (χ2n) is 12.6. The number of alkyl halides is 3. The maximum absolute atomic E-state index is 13.9. The molecule has 1 saturated carbocycles. The molecule has 43 heavy (non-hydrogen) atoms. The zero-order valence-electron chi connectivity index (χ0n) is 24.7. The number of benzene rings is 1. The molecule has 1 aliphatic carbocycles. The maximum atomic E-state index is 13.9. The first kappa shape index (κ1) is 31.8. The Morgan fingerprint density at radius 1 is 1.19 bits per heavy atom. The normalized spacial score (nSPS) is 22.9. The summed E-state index contributed by atoms with van der Waals surface area (Å²) in [5.41, 5.74) is -0.318. The van der Waals surface area contributed by atoms with E-state index in [-0.39, 0.29) is 23.8 Å². The van der Waals surface area contributed by atoms with E-state index in [4.69, 9.17) is 11.2 Å². The number of carbonyl (C=O) groups excluding carboxylic acids is 3. The van der Waals surface area contributed by atoms with Gasteiger partial charge in [-0.3, -0.25) is 19.4 Å². The van der Waals surface area contributed by atoms with E-state index in [1.54, 1.807) is 50.5 Å². The Labute approximate surface area is 248 Å².